The molecule has 1 aliphatic rings. The van der Waals surface area contributed by atoms with Gasteiger partial charge in [-0.05, 0) is 49.9 Å². The van der Waals surface area contributed by atoms with Gasteiger partial charge in [-0.1, -0.05) is 25.7 Å². The van der Waals surface area contributed by atoms with Crippen molar-refractivity contribution in [3.8, 4) is 0 Å². The number of anilines is 1. The van der Waals surface area contributed by atoms with E-state index in [4.69, 9.17) is 5.73 Å². The summed E-state index contributed by atoms with van der Waals surface area (Å²) in [5.74, 6) is 0. The molecule has 1 aliphatic carbocycles. The molecule has 0 atom stereocenters. The highest BCUT2D eigenvalue weighted by atomic mass is 32.2. The first-order chi connectivity index (χ1) is 9.40. The topological polar surface area (TPSA) is 72.2 Å². The van der Waals surface area contributed by atoms with Crippen molar-refractivity contribution in [2.75, 3.05) is 5.73 Å². The Labute approximate surface area is 121 Å². The third kappa shape index (κ3) is 3.52. The van der Waals surface area contributed by atoms with Crippen LogP contribution in [-0.2, 0) is 10.0 Å². The third-order valence-electron chi connectivity index (χ3n) is 4.01. The third-order valence-corrected chi connectivity index (χ3v) is 5.66. The summed E-state index contributed by atoms with van der Waals surface area (Å²) < 4.78 is 28.0. The fourth-order valence-electron chi connectivity index (χ4n) is 2.81. The van der Waals surface area contributed by atoms with Gasteiger partial charge in [0, 0.05) is 11.7 Å². The lowest BCUT2D eigenvalue weighted by Gasteiger charge is -2.18. The Kier molecular flexibility index (Phi) is 4.70. The molecule has 0 bridgehead atoms. The van der Waals surface area contributed by atoms with E-state index in [0.29, 0.717) is 16.1 Å². The Morgan fingerprint density at radius 2 is 1.70 bits per heavy atom. The Morgan fingerprint density at radius 1 is 1.10 bits per heavy atom. The first kappa shape index (κ1) is 15.3. The SMILES string of the molecule is Cc1cc(N)c(C)c(S(=O)(=O)NC2CCCCCC2)c1. The molecule has 5 heteroatoms. The molecular formula is C15H24N2O2S. The first-order valence-electron chi connectivity index (χ1n) is 7.29. The highest BCUT2D eigenvalue weighted by Gasteiger charge is 2.23. The van der Waals surface area contributed by atoms with Crippen molar-refractivity contribution in [2.24, 2.45) is 0 Å². The Hall–Kier alpha value is -1.07. The van der Waals surface area contributed by atoms with Crippen LogP contribution in [0.5, 0.6) is 0 Å². The maximum atomic E-state index is 12.6. The van der Waals surface area contributed by atoms with E-state index >= 15 is 0 Å². The van der Waals surface area contributed by atoms with E-state index in [1.54, 1.807) is 19.1 Å². The van der Waals surface area contributed by atoms with Crippen LogP contribution in [-0.4, -0.2) is 14.5 Å². The molecule has 0 saturated heterocycles. The van der Waals surface area contributed by atoms with Crippen LogP contribution in [0, 0.1) is 13.8 Å². The Bertz CT molecular complexity index is 574. The minimum absolute atomic E-state index is 0.0589. The van der Waals surface area contributed by atoms with Crippen LogP contribution in [0.4, 0.5) is 5.69 Å². The second kappa shape index (κ2) is 6.14. The van der Waals surface area contributed by atoms with Crippen LogP contribution in [0.25, 0.3) is 0 Å². The minimum Gasteiger partial charge on any atom is -0.398 e. The summed E-state index contributed by atoms with van der Waals surface area (Å²) in [6.45, 7) is 3.62. The summed E-state index contributed by atoms with van der Waals surface area (Å²) in [5, 5.41) is 0. The van der Waals surface area contributed by atoms with Gasteiger partial charge in [0.15, 0.2) is 0 Å². The number of nitrogens with one attached hydrogen (secondary N) is 1. The molecule has 1 saturated carbocycles. The van der Waals surface area contributed by atoms with E-state index in [0.717, 1.165) is 31.2 Å². The van der Waals surface area contributed by atoms with Gasteiger partial charge in [-0.2, -0.15) is 0 Å². The standard InChI is InChI=1S/C15H24N2O2S/c1-11-9-14(16)12(2)15(10-11)20(18,19)17-13-7-5-3-4-6-8-13/h9-10,13,17H,3-8,16H2,1-2H3. The average molecular weight is 296 g/mol. The maximum Gasteiger partial charge on any atom is 0.241 e. The molecular weight excluding hydrogens is 272 g/mol. The highest BCUT2D eigenvalue weighted by molar-refractivity contribution is 7.89. The van der Waals surface area contributed by atoms with Crippen LogP contribution < -0.4 is 10.5 Å². The molecule has 1 fully saturated rings. The van der Waals surface area contributed by atoms with E-state index in [-0.39, 0.29) is 6.04 Å². The quantitative estimate of drug-likeness (QED) is 0.665. The molecule has 112 valence electrons. The van der Waals surface area contributed by atoms with Crippen molar-refractivity contribution < 1.29 is 8.42 Å². The zero-order chi connectivity index (χ0) is 14.8. The van der Waals surface area contributed by atoms with Gasteiger partial charge >= 0.3 is 0 Å². The summed E-state index contributed by atoms with van der Waals surface area (Å²) in [7, 11) is -3.48. The number of benzene rings is 1. The predicted octanol–water partition coefficient (Wildman–Crippen LogP) is 2.89. The molecule has 0 spiro atoms. The molecule has 20 heavy (non-hydrogen) atoms. The monoisotopic (exact) mass is 296 g/mol. The van der Waals surface area contributed by atoms with E-state index in [2.05, 4.69) is 4.72 Å². The summed E-state index contributed by atoms with van der Waals surface area (Å²) >= 11 is 0. The predicted molar refractivity (Wildman–Crippen MR) is 82.1 cm³/mol. The molecule has 1 aromatic carbocycles. The summed E-state index contributed by atoms with van der Waals surface area (Å²) in [5.41, 5.74) is 7.92. The summed E-state index contributed by atoms with van der Waals surface area (Å²) in [6.07, 6.45) is 6.46. The van der Waals surface area contributed by atoms with Crippen LogP contribution in [0.15, 0.2) is 17.0 Å². The van der Waals surface area contributed by atoms with Crippen molar-refractivity contribution in [1.82, 2.24) is 4.72 Å². The normalized spacial score (nSPS) is 17.9. The van der Waals surface area contributed by atoms with Crippen LogP contribution in [0.1, 0.15) is 49.7 Å². The van der Waals surface area contributed by atoms with E-state index in [1.807, 2.05) is 6.92 Å². The lowest BCUT2D eigenvalue weighted by atomic mass is 10.1. The Morgan fingerprint density at radius 3 is 2.30 bits per heavy atom. The van der Waals surface area contributed by atoms with Gasteiger partial charge in [0.05, 0.1) is 4.90 Å². The molecule has 0 amide bonds. The number of hydrogen-bond acceptors (Lipinski definition) is 3. The number of rotatable bonds is 3. The first-order valence-corrected chi connectivity index (χ1v) is 8.77. The van der Waals surface area contributed by atoms with Gasteiger partial charge in [-0.15, -0.1) is 0 Å². The second-order valence-electron chi connectivity index (χ2n) is 5.79. The van der Waals surface area contributed by atoms with Gasteiger partial charge < -0.3 is 5.73 Å². The number of sulfonamides is 1. The van der Waals surface area contributed by atoms with Crippen molar-refractivity contribution in [3.63, 3.8) is 0 Å². The number of hydrogen-bond donors (Lipinski definition) is 2. The fraction of sp³-hybridized carbons (Fsp3) is 0.600. The number of aryl methyl sites for hydroxylation is 1. The van der Waals surface area contributed by atoms with Gasteiger partial charge in [0.1, 0.15) is 0 Å². The van der Waals surface area contributed by atoms with Crippen LogP contribution in [0.3, 0.4) is 0 Å². The van der Waals surface area contributed by atoms with Crippen molar-refractivity contribution in [3.05, 3.63) is 23.3 Å². The van der Waals surface area contributed by atoms with Crippen molar-refractivity contribution >= 4 is 15.7 Å². The number of nitrogen functional groups attached to an aromatic ring is 1. The molecule has 0 heterocycles. The zero-order valence-corrected chi connectivity index (χ0v) is 13.1. The van der Waals surface area contributed by atoms with Gasteiger partial charge in [-0.3, -0.25) is 0 Å². The summed E-state index contributed by atoms with van der Waals surface area (Å²) in [6, 6.07) is 3.56. The number of nitrogens with two attached hydrogens (primary N) is 1. The molecule has 0 aliphatic heterocycles. The largest absolute Gasteiger partial charge is 0.398 e. The van der Waals surface area contributed by atoms with Gasteiger partial charge in [-0.25, -0.2) is 13.1 Å². The van der Waals surface area contributed by atoms with Crippen molar-refractivity contribution in [1.29, 1.82) is 0 Å². The molecule has 0 radical (unpaired) electrons. The second-order valence-corrected chi connectivity index (χ2v) is 7.47. The Balaban J connectivity index is 2.26. The highest BCUT2D eigenvalue weighted by Crippen LogP contribution is 2.25. The van der Waals surface area contributed by atoms with E-state index in [9.17, 15) is 8.42 Å². The fourth-order valence-corrected chi connectivity index (χ4v) is 4.48. The summed E-state index contributed by atoms with van der Waals surface area (Å²) in [4.78, 5) is 0.319. The molecule has 4 nitrogen and oxygen atoms in total. The van der Waals surface area contributed by atoms with Gasteiger partial charge in [0.2, 0.25) is 10.0 Å². The van der Waals surface area contributed by atoms with Crippen LogP contribution in [0.2, 0.25) is 0 Å². The van der Waals surface area contributed by atoms with Crippen molar-refractivity contribution in [2.45, 2.75) is 63.3 Å². The average Bonchev–Trinajstić information content (AvgIpc) is 2.61. The molecule has 1 aromatic rings. The smallest absolute Gasteiger partial charge is 0.241 e. The molecule has 0 unspecified atom stereocenters. The lowest BCUT2D eigenvalue weighted by molar-refractivity contribution is 0.509. The maximum absolute atomic E-state index is 12.6. The minimum atomic E-state index is -3.48. The molecule has 3 N–H and O–H groups in total. The van der Waals surface area contributed by atoms with E-state index in [1.165, 1.54) is 12.8 Å². The van der Waals surface area contributed by atoms with Gasteiger partial charge in [0.25, 0.3) is 0 Å². The molecule has 2 rings (SSSR count). The van der Waals surface area contributed by atoms with Crippen LogP contribution >= 0.6 is 0 Å². The zero-order valence-electron chi connectivity index (χ0n) is 12.3. The lowest BCUT2D eigenvalue weighted by Crippen LogP contribution is -2.34. The van der Waals surface area contributed by atoms with E-state index < -0.39 is 10.0 Å². The molecule has 0 aromatic heterocycles.